The molecule has 3 aromatic carbocycles. The second kappa shape index (κ2) is 9.41. The average molecular weight is 482 g/mol. The zero-order valence-electron chi connectivity index (χ0n) is 16.1. The molecule has 6 nitrogen and oxygen atoms in total. The molecule has 166 valence electrons. The van der Waals surface area contributed by atoms with Crippen molar-refractivity contribution < 1.29 is 26.4 Å². The van der Waals surface area contributed by atoms with E-state index in [1.807, 2.05) is 0 Å². The van der Waals surface area contributed by atoms with E-state index < -0.39 is 27.7 Å². The summed E-state index contributed by atoms with van der Waals surface area (Å²) in [5.74, 6) is -0.697. The van der Waals surface area contributed by atoms with Crippen LogP contribution in [-0.2, 0) is 16.2 Å². The van der Waals surface area contributed by atoms with Crippen LogP contribution < -0.4 is 10.1 Å². The second-order valence-corrected chi connectivity index (χ2v) is 8.58. The molecule has 3 rings (SSSR count). The summed E-state index contributed by atoms with van der Waals surface area (Å²) in [4.78, 5) is 12.1. The molecule has 0 unspecified atom stereocenters. The molecule has 0 saturated heterocycles. The topological polar surface area (TPSA) is 87.6 Å². The standard InChI is InChI=1S/C21H15ClF3N3O3S/c22-17-8-10-18(11-9-17)28-32(30,31)19-3-1-2-15(12-19)20(29)27-26-13-14-4-6-16(7-5-14)21(23,24)25/h1-13,28H,(H,27,29)/b26-13+. The molecule has 0 aromatic heterocycles. The number of amides is 1. The molecular weight excluding hydrogens is 467 g/mol. The zero-order valence-corrected chi connectivity index (χ0v) is 17.7. The van der Waals surface area contributed by atoms with Crippen LogP contribution in [0.3, 0.4) is 0 Å². The van der Waals surface area contributed by atoms with Gasteiger partial charge in [-0.1, -0.05) is 29.8 Å². The Bertz CT molecular complexity index is 1240. The van der Waals surface area contributed by atoms with Gasteiger partial charge in [0.15, 0.2) is 0 Å². The van der Waals surface area contributed by atoms with Gasteiger partial charge in [-0.05, 0) is 60.2 Å². The highest BCUT2D eigenvalue weighted by Gasteiger charge is 2.29. The summed E-state index contributed by atoms with van der Waals surface area (Å²) in [6.45, 7) is 0. The fraction of sp³-hybridized carbons (Fsp3) is 0.0476. The van der Waals surface area contributed by atoms with Gasteiger partial charge in [-0.15, -0.1) is 0 Å². The van der Waals surface area contributed by atoms with E-state index in [2.05, 4.69) is 15.2 Å². The van der Waals surface area contributed by atoms with Gasteiger partial charge in [0.1, 0.15) is 0 Å². The Kier molecular flexibility index (Phi) is 6.85. The summed E-state index contributed by atoms with van der Waals surface area (Å²) < 4.78 is 65.3. The minimum atomic E-state index is -4.45. The van der Waals surface area contributed by atoms with Crippen molar-refractivity contribution in [2.45, 2.75) is 11.1 Å². The summed E-state index contributed by atoms with van der Waals surface area (Å²) in [7, 11) is -3.97. The summed E-state index contributed by atoms with van der Waals surface area (Å²) in [5.41, 5.74) is 2.06. The SMILES string of the molecule is O=C(N/N=C/c1ccc(C(F)(F)F)cc1)c1cccc(S(=O)(=O)Nc2ccc(Cl)cc2)c1. The Labute approximate surface area is 186 Å². The van der Waals surface area contributed by atoms with Crippen LogP contribution in [0.4, 0.5) is 18.9 Å². The lowest BCUT2D eigenvalue weighted by molar-refractivity contribution is -0.137. The number of carbonyl (C=O) groups excluding carboxylic acids is 1. The highest BCUT2D eigenvalue weighted by molar-refractivity contribution is 7.92. The normalized spacial score (nSPS) is 12.0. The van der Waals surface area contributed by atoms with Crippen molar-refractivity contribution in [3.05, 3.63) is 94.5 Å². The molecule has 0 bridgehead atoms. The van der Waals surface area contributed by atoms with E-state index in [1.54, 1.807) is 0 Å². The third-order valence-electron chi connectivity index (χ3n) is 4.12. The van der Waals surface area contributed by atoms with Crippen molar-refractivity contribution in [3.8, 4) is 0 Å². The Hall–Kier alpha value is -3.37. The molecule has 1 amide bonds. The smallest absolute Gasteiger partial charge is 0.280 e. The maximum absolute atomic E-state index is 12.6. The monoisotopic (exact) mass is 481 g/mol. The summed E-state index contributed by atoms with van der Waals surface area (Å²) in [5, 5.41) is 4.14. The Morgan fingerprint density at radius 3 is 2.25 bits per heavy atom. The van der Waals surface area contributed by atoms with Crippen molar-refractivity contribution in [2.24, 2.45) is 5.10 Å². The van der Waals surface area contributed by atoms with Gasteiger partial charge in [0, 0.05) is 16.3 Å². The Morgan fingerprint density at radius 2 is 1.62 bits per heavy atom. The Morgan fingerprint density at radius 1 is 0.969 bits per heavy atom. The number of hydrogen-bond donors (Lipinski definition) is 2. The van der Waals surface area contributed by atoms with Gasteiger partial charge in [-0.25, -0.2) is 13.8 Å². The van der Waals surface area contributed by atoms with Crippen molar-refractivity contribution in [2.75, 3.05) is 4.72 Å². The van der Waals surface area contributed by atoms with Gasteiger partial charge >= 0.3 is 6.18 Å². The molecule has 0 aliphatic rings. The highest BCUT2D eigenvalue weighted by atomic mass is 35.5. The van der Waals surface area contributed by atoms with Gasteiger partial charge in [-0.2, -0.15) is 18.3 Å². The number of carbonyl (C=O) groups is 1. The lowest BCUT2D eigenvalue weighted by atomic mass is 10.1. The van der Waals surface area contributed by atoms with Gasteiger partial charge in [0.25, 0.3) is 15.9 Å². The molecule has 0 aliphatic heterocycles. The number of sulfonamides is 1. The summed E-state index contributed by atoms with van der Waals surface area (Å²) in [6.07, 6.45) is -3.28. The molecule has 0 radical (unpaired) electrons. The van der Waals surface area contributed by atoms with E-state index in [9.17, 15) is 26.4 Å². The van der Waals surface area contributed by atoms with Crippen molar-refractivity contribution in [1.29, 1.82) is 0 Å². The first-order chi connectivity index (χ1) is 15.0. The zero-order chi connectivity index (χ0) is 23.4. The van der Waals surface area contributed by atoms with Gasteiger partial charge < -0.3 is 0 Å². The predicted molar refractivity (Wildman–Crippen MR) is 115 cm³/mol. The number of rotatable bonds is 6. The molecule has 0 aliphatic carbocycles. The Balaban J connectivity index is 1.68. The predicted octanol–water partition coefficient (Wildman–Crippen LogP) is 4.92. The van der Waals surface area contributed by atoms with Gasteiger partial charge in [0.2, 0.25) is 0 Å². The quantitative estimate of drug-likeness (QED) is 0.387. The number of nitrogens with zero attached hydrogens (tertiary/aromatic N) is 1. The maximum Gasteiger partial charge on any atom is 0.416 e. The summed E-state index contributed by atoms with van der Waals surface area (Å²) >= 11 is 5.78. The minimum Gasteiger partial charge on any atom is -0.280 e. The van der Waals surface area contributed by atoms with Crippen molar-refractivity contribution in [3.63, 3.8) is 0 Å². The average Bonchev–Trinajstić information content (AvgIpc) is 2.75. The van der Waals surface area contributed by atoms with E-state index >= 15 is 0 Å². The molecule has 0 heterocycles. The van der Waals surface area contributed by atoms with Crippen LogP contribution in [-0.4, -0.2) is 20.5 Å². The largest absolute Gasteiger partial charge is 0.416 e. The summed E-state index contributed by atoms with van der Waals surface area (Å²) in [6, 6.07) is 15.5. The first-order valence-corrected chi connectivity index (χ1v) is 10.8. The molecule has 11 heteroatoms. The van der Waals surface area contributed by atoms with E-state index in [0.29, 0.717) is 16.3 Å². The van der Waals surface area contributed by atoms with E-state index in [4.69, 9.17) is 11.6 Å². The minimum absolute atomic E-state index is 0.0218. The van der Waals surface area contributed by atoms with Gasteiger partial charge in [-0.3, -0.25) is 9.52 Å². The van der Waals surface area contributed by atoms with Crippen molar-refractivity contribution >= 4 is 39.4 Å². The number of alkyl halides is 3. The van der Waals surface area contributed by atoms with Crippen molar-refractivity contribution in [1.82, 2.24) is 5.43 Å². The van der Waals surface area contributed by atoms with Crippen LogP contribution in [0.5, 0.6) is 0 Å². The van der Waals surface area contributed by atoms with Crippen LogP contribution >= 0.6 is 11.6 Å². The number of benzene rings is 3. The lowest BCUT2D eigenvalue weighted by Crippen LogP contribution is -2.19. The molecule has 3 aromatic rings. The molecular formula is C21H15ClF3N3O3S. The van der Waals surface area contributed by atoms with Crippen LogP contribution in [0.2, 0.25) is 5.02 Å². The third-order valence-corrected chi connectivity index (χ3v) is 5.75. The van der Waals surface area contributed by atoms with Crippen LogP contribution in [0.15, 0.2) is 82.8 Å². The number of halogens is 4. The van der Waals surface area contributed by atoms with E-state index in [0.717, 1.165) is 12.1 Å². The first-order valence-electron chi connectivity index (χ1n) is 8.94. The number of hydrogen-bond acceptors (Lipinski definition) is 4. The van der Waals surface area contributed by atoms with E-state index in [-0.39, 0.29) is 10.5 Å². The maximum atomic E-state index is 12.6. The molecule has 0 spiro atoms. The number of anilines is 1. The number of hydrazone groups is 1. The first kappa shape index (κ1) is 23.3. The molecule has 2 N–H and O–H groups in total. The van der Waals surface area contributed by atoms with Gasteiger partial charge in [0.05, 0.1) is 16.7 Å². The lowest BCUT2D eigenvalue weighted by Gasteiger charge is -2.09. The fourth-order valence-electron chi connectivity index (χ4n) is 2.52. The molecule has 32 heavy (non-hydrogen) atoms. The van der Waals surface area contributed by atoms with E-state index in [1.165, 1.54) is 66.9 Å². The molecule has 0 atom stereocenters. The molecule has 0 fully saturated rings. The second-order valence-electron chi connectivity index (χ2n) is 6.46. The molecule has 0 saturated carbocycles. The van der Waals surface area contributed by atoms with Crippen LogP contribution in [0.25, 0.3) is 0 Å². The van der Waals surface area contributed by atoms with Crippen LogP contribution in [0, 0.1) is 0 Å². The highest BCUT2D eigenvalue weighted by Crippen LogP contribution is 2.28. The number of nitrogens with one attached hydrogen (secondary N) is 2. The third kappa shape index (κ3) is 6.08. The van der Waals surface area contributed by atoms with Crippen LogP contribution in [0.1, 0.15) is 21.5 Å². The fourth-order valence-corrected chi connectivity index (χ4v) is 3.75.